The van der Waals surface area contributed by atoms with Gasteiger partial charge in [-0.05, 0) is 29.8 Å². The average molecular weight is 487 g/mol. The molecule has 5 nitrogen and oxygen atoms in total. The third-order valence-electron chi connectivity index (χ3n) is 4.17. The molecule has 0 aliphatic rings. The predicted octanol–water partition coefficient (Wildman–Crippen LogP) is 4.43. The monoisotopic (exact) mass is 487 g/mol. The Morgan fingerprint density at radius 3 is 2.37 bits per heavy atom. The van der Waals surface area contributed by atoms with E-state index in [4.69, 9.17) is 9.47 Å². The molecule has 0 spiro atoms. The van der Waals surface area contributed by atoms with Gasteiger partial charge in [-0.3, -0.25) is 4.99 Å². The second-order valence-electron chi connectivity index (χ2n) is 6.51. The van der Waals surface area contributed by atoms with Crippen molar-refractivity contribution in [2.45, 2.75) is 19.3 Å². The van der Waals surface area contributed by atoms with Crippen molar-refractivity contribution in [2.24, 2.45) is 4.99 Å². The second-order valence-corrected chi connectivity index (χ2v) is 6.51. The van der Waals surface area contributed by atoms with Gasteiger partial charge in [-0.15, -0.1) is 24.0 Å². The smallest absolute Gasteiger partial charge is 0.195 e. The van der Waals surface area contributed by atoms with Crippen molar-refractivity contribution in [1.82, 2.24) is 5.32 Å². The van der Waals surface area contributed by atoms with E-state index < -0.39 is 0 Å². The molecule has 0 saturated carbocycles. The van der Waals surface area contributed by atoms with Gasteiger partial charge in [0.05, 0.1) is 14.2 Å². The molecule has 0 bridgehead atoms. The topological polar surface area (TPSA) is 54.9 Å². The fourth-order valence-electron chi connectivity index (χ4n) is 2.55. The van der Waals surface area contributed by atoms with E-state index in [1.54, 1.807) is 33.4 Å². The van der Waals surface area contributed by atoms with Crippen LogP contribution in [-0.2, 0) is 5.41 Å². The fourth-order valence-corrected chi connectivity index (χ4v) is 2.55. The number of aliphatic imine (C=N–C) groups is 1. The van der Waals surface area contributed by atoms with Crippen LogP contribution in [0.25, 0.3) is 0 Å². The summed E-state index contributed by atoms with van der Waals surface area (Å²) in [6.45, 7) is 4.69. The number of nitrogens with one attached hydrogen (secondary N) is 2. The Kier molecular flexibility index (Phi) is 8.81. The molecule has 0 unspecified atom stereocenters. The first-order valence-corrected chi connectivity index (χ1v) is 8.35. The highest BCUT2D eigenvalue weighted by molar-refractivity contribution is 14.0. The summed E-state index contributed by atoms with van der Waals surface area (Å²) in [7, 11) is 4.89. The third kappa shape index (κ3) is 6.27. The molecule has 0 saturated heterocycles. The van der Waals surface area contributed by atoms with Crippen LogP contribution in [0.3, 0.4) is 0 Å². The molecular weight excluding hydrogens is 460 g/mol. The van der Waals surface area contributed by atoms with Crippen molar-refractivity contribution in [1.29, 1.82) is 0 Å². The number of halogens is 2. The van der Waals surface area contributed by atoms with E-state index in [9.17, 15) is 4.39 Å². The predicted molar refractivity (Wildman–Crippen MR) is 119 cm³/mol. The number of ether oxygens (including phenoxy) is 2. The molecule has 0 aliphatic carbocycles. The van der Waals surface area contributed by atoms with E-state index in [2.05, 4.69) is 29.5 Å². The first-order chi connectivity index (χ1) is 12.4. The van der Waals surface area contributed by atoms with Crippen LogP contribution >= 0.6 is 24.0 Å². The lowest BCUT2D eigenvalue weighted by molar-refractivity contribution is 0.355. The molecule has 0 aromatic heterocycles. The van der Waals surface area contributed by atoms with Crippen molar-refractivity contribution in [3.63, 3.8) is 0 Å². The van der Waals surface area contributed by atoms with Crippen LogP contribution < -0.4 is 20.1 Å². The Labute approximate surface area is 177 Å². The van der Waals surface area contributed by atoms with Crippen LogP contribution in [0.5, 0.6) is 11.5 Å². The van der Waals surface area contributed by atoms with Gasteiger partial charge in [-0.25, -0.2) is 4.39 Å². The Morgan fingerprint density at radius 2 is 1.78 bits per heavy atom. The minimum atomic E-state index is -0.267. The Hall–Kier alpha value is -2.03. The standard InChI is InChI=1S/C20H26FN3O2.HI/c1-20(2,14-7-6-8-15(21)11-14)13-23-19(22-3)24-16-9-10-17(25-4)18(12-16)26-5;/h6-12H,13H2,1-5H3,(H2,22,23,24);1H. The van der Waals surface area contributed by atoms with Crippen LogP contribution in [0.4, 0.5) is 10.1 Å². The van der Waals surface area contributed by atoms with Gasteiger partial charge < -0.3 is 20.1 Å². The van der Waals surface area contributed by atoms with Gasteiger partial charge in [-0.1, -0.05) is 26.0 Å². The third-order valence-corrected chi connectivity index (χ3v) is 4.17. The van der Waals surface area contributed by atoms with Gasteiger partial charge in [0, 0.05) is 30.8 Å². The number of guanidine groups is 1. The molecule has 0 radical (unpaired) electrons. The zero-order valence-corrected chi connectivity index (χ0v) is 18.6. The van der Waals surface area contributed by atoms with Crippen molar-refractivity contribution in [3.05, 3.63) is 53.8 Å². The second kappa shape index (κ2) is 10.3. The van der Waals surface area contributed by atoms with Crippen molar-refractivity contribution in [3.8, 4) is 11.5 Å². The van der Waals surface area contributed by atoms with E-state index in [0.29, 0.717) is 24.0 Å². The summed E-state index contributed by atoms with van der Waals surface area (Å²) in [6.07, 6.45) is 0. The first kappa shape index (κ1) is 23.0. The summed E-state index contributed by atoms with van der Waals surface area (Å²) >= 11 is 0. The van der Waals surface area contributed by atoms with Crippen LogP contribution in [0.2, 0.25) is 0 Å². The van der Waals surface area contributed by atoms with E-state index in [1.807, 2.05) is 24.3 Å². The van der Waals surface area contributed by atoms with Gasteiger partial charge >= 0.3 is 0 Å². The van der Waals surface area contributed by atoms with Crippen LogP contribution in [0, 0.1) is 5.82 Å². The molecule has 2 rings (SSSR count). The van der Waals surface area contributed by atoms with Crippen molar-refractivity contribution >= 4 is 35.6 Å². The van der Waals surface area contributed by atoms with E-state index in [0.717, 1.165) is 11.3 Å². The lowest BCUT2D eigenvalue weighted by Gasteiger charge is -2.27. The maximum absolute atomic E-state index is 13.5. The molecular formula is C20H27FIN3O2. The largest absolute Gasteiger partial charge is 0.493 e. The quantitative estimate of drug-likeness (QED) is 0.360. The maximum Gasteiger partial charge on any atom is 0.195 e. The lowest BCUT2D eigenvalue weighted by Crippen LogP contribution is -2.40. The molecule has 0 atom stereocenters. The summed E-state index contributed by atoms with van der Waals surface area (Å²) in [4.78, 5) is 4.24. The number of nitrogens with zero attached hydrogens (tertiary/aromatic N) is 1. The van der Waals surface area contributed by atoms with Gasteiger partial charge in [-0.2, -0.15) is 0 Å². The maximum atomic E-state index is 13.5. The molecule has 2 N–H and O–H groups in total. The molecule has 0 aliphatic heterocycles. The summed E-state index contributed by atoms with van der Waals surface area (Å²) in [5.41, 5.74) is 1.48. The molecule has 0 fully saturated rings. The highest BCUT2D eigenvalue weighted by atomic mass is 127. The minimum Gasteiger partial charge on any atom is -0.493 e. The fraction of sp³-hybridized carbons (Fsp3) is 0.350. The summed E-state index contributed by atoms with van der Waals surface area (Å²) in [6, 6.07) is 12.2. The normalized spacial score (nSPS) is 11.4. The number of rotatable bonds is 6. The lowest BCUT2D eigenvalue weighted by atomic mass is 9.84. The first-order valence-electron chi connectivity index (χ1n) is 8.35. The molecule has 2 aromatic carbocycles. The van der Waals surface area contributed by atoms with E-state index >= 15 is 0 Å². The van der Waals surface area contributed by atoms with Crippen molar-refractivity contribution in [2.75, 3.05) is 33.1 Å². The SMILES string of the molecule is CN=C(NCC(C)(C)c1cccc(F)c1)Nc1ccc(OC)c(OC)c1.I. The summed E-state index contributed by atoms with van der Waals surface area (Å²) in [5, 5.41) is 6.51. The number of methoxy groups -OCH3 is 2. The average Bonchev–Trinajstić information content (AvgIpc) is 2.64. The van der Waals surface area contributed by atoms with Crippen LogP contribution in [-0.4, -0.2) is 33.8 Å². The van der Waals surface area contributed by atoms with Crippen molar-refractivity contribution < 1.29 is 13.9 Å². The van der Waals surface area contributed by atoms with Gasteiger partial charge in [0.2, 0.25) is 0 Å². The molecule has 0 amide bonds. The zero-order valence-electron chi connectivity index (χ0n) is 16.3. The zero-order chi connectivity index (χ0) is 19.2. The molecule has 27 heavy (non-hydrogen) atoms. The Balaban J connectivity index is 0.00000364. The summed E-state index contributed by atoms with van der Waals surface area (Å²) < 4.78 is 24.1. The number of benzene rings is 2. The van der Waals surface area contributed by atoms with Gasteiger partial charge in [0.1, 0.15) is 5.82 Å². The van der Waals surface area contributed by atoms with Gasteiger partial charge in [0.15, 0.2) is 17.5 Å². The number of hydrogen-bond donors (Lipinski definition) is 2. The molecule has 7 heteroatoms. The highest BCUT2D eigenvalue weighted by Gasteiger charge is 2.21. The van der Waals surface area contributed by atoms with E-state index in [-0.39, 0.29) is 35.2 Å². The summed E-state index contributed by atoms with van der Waals surface area (Å²) in [5.74, 6) is 1.67. The molecule has 148 valence electrons. The Bertz CT molecular complexity index is 782. The molecule has 0 heterocycles. The van der Waals surface area contributed by atoms with E-state index in [1.165, 1.54) is 6.07 Å². The van der Waals surface area contributed by atoms with Crippen LogP contribution in [0.1, 0.15) is 19.4 Å². The molecule has 2 aromatic rings. The van der Waals surface area contributed by atoms with Gasteiger partial charge in [0.25, 0.3) is 0 Å². The Morgan fingerprint density at radius 1 is 1.07 bits per heavy atom. The van der Waals surface area contributed by atoms with Crippen LogP contribution in [0.15, 0.2) is 47.5 Å². The number of hydrogen-bond acceptors (Lipinski definition) is 3. The number of anilines is 1. The minimum absolute atomic E-state index is 0. The highest BCUT2D eigenvalue weighted by Crippen LogP contribution is 2.29.